The molecule has 0 bridgehead atoms. The molecule has 0 aliphatic carbocycles. The number of hydrogen-bond acceptors (Lipinski definition) is 2. The molecular formula is C12H15Br2NO2. The molecule has 0 aliphatic rings. The highest BCUT2D eigenvalue weighted by atomic mass is 79.9. The monoisotopic (exact) mass is 363 g/mol. The lowest BCUT2D eigenvalue weighted by molar-refractivity contribution is 0.0953. The van der Waals surface area contributed by atoms with Gasteiger partial charge in [-0.1, -0.05) is 29.3 Å². The van der Waals surface area contributed by atoms with Crippen LogP contribution in [0.3, 0.4) is 0 Å². The van der Waals surface area contributed by atoms with E-state index >= 15 is 0 Å². The van der Waals surface area contributed by atoms with E-state index in [1.54, 1.807) is 12.1 Å². The first-order valence-electron chi connectivity index (χ1n) is 5.45. The van der Waals surface area contributed by atoms with Crippen LogP contribution in [-0.2, 0) is 0 Å². The van der Waals surface area contributed by atoms with Gasteiger partial charge in [0.25, 0.3) is 5.91 Å². The van der Waals surface area contributed by atoms with Crippen LogP contribution < -0.4 is 5.32 Å². The number of nitrogens with one attached hydrogen (secondary N) is 1. The molecule has 0 saturated carbocycles. The number of rotatable bonds is 5. The molecule has 0 saturated heterocycles. The number of aromatic hydroxyl groups is 1. The molecule has 0 fully saturated rings. The summed E-state index contributed by atoms with van der Waals surface area (Å²) in [6, 6.07) is 4.77. The second-order valence-corrected chi connectivity index (χ2v) is 5.91. The summed E-state index contributed by atoms with van der Waals surface area (Å²) in [6.07, 6.45) is 2.09. The fourth-order valence-electron chi connectivity index (χ4n) is 1.37. The van der Waals surface area contributed by atoms with Crippen molar-refractivity contribution in [3.8, 4) is 5.75 Å². The van der Waals surface area contributed by atoms with Gasteiger partial charge in [-0.15, -0.1) is 0 Å². The number of phenols is 1. The van der Waals surface area contributed by atoms with Gasteiger partial charge in [-0.2, -0.15) is 0 Å². The first-order valence-corrected chi connectivity index (χ1v) is 7.16. The third kappa shape index (κ3) is 4.68. The van der Waals surface area contributed by atoms with Gasteiger partial charge in [-0.3, -0.25) is 4.79 Å². The van der Waals surface area contributed by atoms with Crippen LogP contribution in [0.4, 0.5) is 0 Å². The standard InChI is InChI=1S/C12H15Br2NO2/c1-2-3-9(13)7-15-12(17)8-4-5-10(14)11(16)6-8/h4-6,9,16H,2-3,7H2,1H3,(H,15,17). The van der Waals surface area contributed by atoms with Crippen LogP contribution in [0.5, 0.6) is 5.75 Å². The molecule has 0 radical (unpaired) electrons. The summed E-state index contributed by atoms with van der Waals surface area (Å²) in [4.78, 5) is 12.1. The first-order chi connectivity index (χ1) is 8.04. The average molecular weight is 365 g/mol. The summed E-state index contributed by atoms with van der Waals surface area (Å²) in [5, 5.41) is 12.3. The fraction of sp³-hybridized carbons (Fsp3) is 0.417. The first kappa shape index (κ1) is 14.5. The van der Waals surface area contributed by atoms with Gasteiger partial charge in [0.1, 0.15) is 5.75 Å². The van der Waals surface area contributed by atoms with Crippen molar-refractivity contribution in [3.63, 3.8) is 0 Å². The molecule has 1 unspecified atom stereocenters. The molecule has 0 aliphatic heterocycles. The summed E-state index contributed by atoms with van der Waals surface area (Å²) < 4.78 is 0.582. The molecule has 0 heterocycles. The molecule has 1 rings (SSSR count). The Morgan fingerprint density at radius 2 is 2.24 bits per heavy atom. The van der Waals surface area contributed by atoms with E-state index in [1.807, 2.05) is 0 Å². The van der Waals surface area contributed by atoms with Crippen LogP contribution >= 0.6 is 31.9 Å². The minimum atomic E-state index is -0.173. The van der Waals surface area contributed by atoms with Crippen LogP contribution in [0, 0.1) is 0 Å². The van der Waals surface area contributed by atoms with Crippen LogP contribution in [-0.4, -0.2) is 22.4 Å². The van der Waals surface area contributed by atoms with Crippen LogP contribution in [0.2, 0.25) is 0 Å². The molecule has 1 aromatic rings. The number of benzene rings is 1. The van der Waals surface area contributed by atoms with Gasteiger partial charge in [-0.05, 0) is 40.5 Å². The van der Waals surface area contributed by atoms with E-state index < -0.39 is 0 Å². The maximum absolute atomic E-state index is 11.8. The maximum atomic E-state index is 11.8. The van der Waals surface area contributed by atoms with Crippen LogP contribution in [0.15, 0.2) is 22.7 Å². The second kappa shape index (κ2) is 7.01. The minimum absolute atomic E-state index is 0.0709. The number of alkyl halides is 1. The van der Waals surface area contributed by atoms with Crippen molar-refractivity contribution in [2.24, 2.45) is 0 Å². The van der Waals surface area contributed by atoms with E-state index in [9.17, 15) is 9.90 Å². The smallest absolute Gasteiger partial charge is 0.251 e. The number of halogens is 2. The second-order valence-electron chi connectivity index (χ2n) is 3.76. The molecule has 0 aromatic heterocycles. The summed E-state index contributed by atoms with van der Waals surface area (Å²) in [7, 11) is 0. The maximum Gasteiger partial charge on any atom is 0.251 e. The van der Waals surface area contributed by atoms with E-state index in [0.717, 1.165) is 12.8 Å². The van der Waals surface area contributed by atoms with Gasteiger partial charge in [0, 0.05) is 16.9 Å². The highest BCUT2D eigenvalue weighted by Crippen LogP contribution is 2.24. The summed E-state index contributed by atoms with van der Waals surface area (Å²) in [5.74, 6) is -0.102. The Morgan fingerprint density at radius 1 is 1.53 bits per heavy atom. The van der Waals surface area contributed by atoms with Gasteiger partial charge >= 0.3 is 0 Å². The van der Waals surface area contributed by atoms with E-state index in [4.69, 9.17) is 0 Å². The molecule has 94 valence electrons. The van der Waals surface area contributed by atoms with Crippen LogP contribution in [0.1, 0.15) is 30.1 Å². The molecule has 5 heteroatoms. The molecule has 2 N–H and O–H groups in total. The normalized spacial score (nSPS) is 12.2. The molecular weight excluding hydrogens is 350 g/mol. The van der Waals surface area contributed by atoms with Gasteiger partial charge in [0.05, 0.1) is 4.47 Å². The van der Waals surface area contributed by atoms with Crippen LogP contribution in [0.25, 0.3) is 0 Å². The topological polar surface area (TPSA) is 49.3 Å². The lowest BCUT2D eigenvalue weighted by Crippen LogP contribution is -2.29. The van der Waals surface area contributed by atoms with Crippen molar-refractivity contribution in [1.29, 1.82) is 0 Å². The Kier molecular flexibility index (Phi) is 5.98. The minimum Gasteiger partial charge on any atom is -0.507 e. The SMILES string of the molecule is CCCC(Br)CNC(=O)c1ccc(Br)c(O)c1. The molecule has 0 spiro atoms. The molecule has 1 aromatic carbocycles. The predicted molar refractivity (Wildman–Crippen MR) is 75.8 cm³/mol. The lowest BCUT2D eigenvalue weighted by Gasteiger charge is -2.10. The Labute approximate surface area is 118 Å². The fourth-order valence-corrected chi connectivity index (χ4v) is 2.24. The van der Waals surface area contributed by atoms with Crippen molar-refractivity contribution in [2.45, 2.75) is 24.6 Å². The van der Waals surface area contributed by atoms with E-state index in [-0.39, 0.29) is 11.7 Å². The third-order valence-corrected chi connectivity index (χ3v) is 3.75. The van der Waals surface area contributed by atoms with Gasteiger partial charge in [0.15, 0.2) is 0 Å². The number of hydrogen-bond donors (Lipinski definition) is 2. The molecule has 1 amide bonds. The number of phenolic OH excluding ortho intramolecular Hbond substituents is 1. The Bertz CT molecular complexity index is 396. The van der Waals surface area contributed by atoms with Crippen molar-refractivity contribution >= 4 is 37.8 Å². The van der Waals surface area contributed by atoms with Gasteiger partial charge < -0.3 is 10.4 Å². The van der Waals surface area contributed by atoms with E-state index in [1.165, 1.54) is 6.07 Å². The summed E-state index contributed by atoms with van der Waals surface area (Å²) in [5.41, 5.74) is 0.460. The van der Waals surface area contributed by atoms with Crippen molar-refractivity contribution < 1.29 is 9.90 Å². The summed E-state index contributed by atoms with van der Waals surface area (Å²) >= 11 is 6.67. The van der Waals surface area contributed by atoms with Crippen molar-refractivity contribution in [2.75, 3.05) is 6.54 Å². The highest BCUT2D eigenvalue weighted by molar-refractivity contribution is 9.10. The van der Waals surface area contributed by atoms with E-state index in [2.05, 4.69) is 44.1 Å². The Hall–Kier alpha value is -0.550. The molecule has 17 heavy (non-hydrogen) atoms. The third-order valence-electron chi connectivity index (χ3n) is 2.29. The molecule has 3 nitrogen and oxygen atoms in total. The Morgan fingerprint density at radius 3 is 2.82 bits per heavy atom. The number of amides is 1. The number of carbonyl (C=O) groups is 1. The summed E-state index contributed by atoms with van der Waals surface area (Å²) in [6.45, 7) is 2.69. The van der Waals surface area contributed by atoms with Crippen molar-refractivity contribution in [1.82, 2.24) is 5.32 Å². The predicted octanol–water partition coefficient (Wildman–Crippen LogP) is 3.45. The quantitative estimate of drug-likeness (QED) is 0.786. The number of carbonyl (C=O) groups excluding carboxylic acids is 1. The average Bonchev–Trinajstić information content (AvgIpc) is 2.30. The zero-order valence-corrected chi connectivity index (χ0v) is 12.7. The zero-order valence-electron chi connectivity index (χ0n) is 9.54. The van der Waals surface area contributed by atoms with Gasteiger partial charge in [0.2, 0.25) is 0 Å². The zero-order chi connectivity index (χ0) is 12.8. The largest absolute Gasteiger partial charge is 0.507 e. The van der Waals surface area contributed by atoms with Crippen molar-refractivity contribution in [3.05, 3.63) is 28.2 Å². The highest BCUT2D eigenvalue weighted by Gasteiger charge is 2.10. The van der Waals surface area contributed by atoms with E-state index in [0.29, 0.717) is 21.4 Å². The molecule has 1 atom stereocenters. The lowest BCUT2D eigenvalue weighted by atomic mass is 10.2. The van der Waals surface area contributed by atoms with Gasteiger partial charge in [-0.25, -0.2) is 0 Å². The Balaban J connectivity index is 2.55.